The average molecular weight is 218 g/mol. The Hall–Kier alpha value is -0.653. The molecule has 14 heavy (non-hydrogen) atoms. The molecule has 5 heteroatoms. The first-order chi connectivity index (χ1) is 6.43. The lowest BCUT2D eigenvalue weighted by atomic mass is 10.4. The van der Waals surface area contributed by atoms with Crippen LogP contribution < -0.4 is 0 Å². The highest BCUT2D eigenvalue weighted by Gasteiger charge is 2.10. The first-order valence-electron chi connectivity index (χ1n) is 4.62. The molecular weight excluding hydrogens is 200 g/mol. The molecule has 1 atom stereocenters. The summed E-state index contributed by atoms with van der Waals surface area (Å²) in [6, 6.07) is 1.20. The Morgan fingerprint density at radius 3 is 2.57 bits per heavy atom. The lowest BCUT2D eigenvalue weighted by Gasteiger charge is -2.11. The van der Waals surface area contributed by atoms with Crippen LogP contribution >= 0.6 is 0 Å². The van der Waals surface area contributed by atoms with E-state index in [0.717, 1.165) is 6.04 Å². The first kappa shape index (κ1) is 13.3. The smallest absolute Gasteiger partial charge is 0.333 e. The maximum atomic E-state index is 10.9. The van der Waals surface area contributed by atoms with Crippen LogP contribution in [0, 0.1) is 0 Å². The van der Waals surface area contributed by atoms with Crippen molar-refractivity contribution < 1.29 is 19.7 Å². The van der Waals surface area contributed by atoms with E-state index in [0.29, 0.717) is 18.2 Å². The molecule has 0 aliphatic rings. The van der Waals surface area contributed by atoms with Crippen molar-refractivity contribution >= 4 is 14.8 Å². The normalized spacial score (nSPS) is 12.6. The van der Waals surface area contributed by atoms with E-state index in [2.05, 4.69) is 6.58 Å². The molecule has 0 amide bonds. The Balaban J connectivity index is 3.54. The summed E-state index contributed by atoms with van der Waals surface area (Å²) >= 11 is 0. The van der Waals surface area contributed by atoms with Crippen LogP contribution in [0.15, 0.2) is 12.2 Å². The minimum Gasteiger partial charge on any atom is -0.463 e. The molecular formula is C9H18O4Si. The summed E-state index contributed by atoms with van der Waals surface area (Å²) in [6.07, 6.45) is -1.23. The number of aliphatic hydroxyl groups excluding tert-OH is 1. The maximum absolute atomic E-state index is 10.9. The Morgan fingerprint density at radius 2 is 2.14 bits per heavy atom. The molecule has 1 unspecified atom stereocenters. The number of esters is 1. The zero-order valence-electron chi connectivity index (χ0n) is 8.69. The number of hydrogen-bond acceptors (Lipinski definition) is 4. The van der Waals surface area contributed by atoms with Crippen LogP contribution in [0.25, 0.3) is 0 Å². The first-order valence-corrected chi connectivity index (χ1v) is 7.41. The van der Waals surface area contributed by atoms with Crippen LogP contribution in [0.5, 0.6) is 0 Å². The number of aliphatic hydroxyl groups is 2. The predicted octanol–water partition coefficient (Wildman–Crippen LogP) is 0.273. The van der Waals surface area contributed by atoms with Gasteiger partial charge in [-0.25, -0.2) is 4.79 Å². The van der Waals surface area contributed by atoms with Gasteiger partial charge < -0.3 is 14.9 Å². The third-order valence-electron chi connectivity index (χ3n) is 1.81. The highest BCUT2D eigenvalue weighted by molar-refractivity contribution is 6.57. The largest absolute Gasteiger partial charge is 0.463 e. The Bertz CT molecular complexity index is 203. The number of rotatable bonds is 6. The summed E-state index contributed by atoms with van der Waals surface area (Å²) in [7, 11) is -1.16. The van der Waals surface area contributed by atoms with Gasteiger partial charge in [0.25, 0.3) is 0 Å². The van der Waals surface area contributed by atoms with E-state index in [9.17, 15) is 4.79 Å². The van der Waals surface area contributed by atoms with Gasteiger partial charge in [-0.2, -0.15) is 0 Å². The van der Waals surface area contributed by atoms with E-state index < -0.39 is 15.1 Å². The van der Waals surface area contributed by atoms with Crippen molar-refractivity contribution in [3.8, 4) is 0 Å². The molecule has 0 saturated carbocycles. The van der Waals surface area contributed by atoms with Crippen LogP contribution in [0.3, 0.4) is 0 Å². The minimum atomic E-state index is -1.23. The summed E-state index contributed by atoms with van der Waals surface area (Å²) in [4.78, 5) is 10.9. The van der Waals surface area contributed by atoms with Crippen molar-refractivity contribution in [1.82, 2.24) is 0 Å². The summed E-state index contributed by atoms with van der Waals surface area (Å²) in [6.45, 7) is 7.42. The third kappa shape index (κ3) is 6.82. The molecule has 0 aliphatic carbocycles. The molecule has 0 bridgehead atoms. The van der Waals surface area contributed by atoms with Crippen LogP contribution in [0.1, 0.15) is 6.92 Å². The van der Waals surface area contributed by atoms with Crippen LogP contribution in [-0.4, -0.2) is 37.9 Å². The molecule has 4 nitrogen and oxygen atoms in total. The van der Waals surface area contributed by atoms with Gasteiger partial charge in [-0.3, -0.25) is 0 Å². The molecule has 82 valence electrons. The zero-order valence-corrected chi connectivity index (χ0v) is 9.85. The van der Waals surface area contributed by atoms with Crippen molar-refractivity contribution in [3.63, 3.8) is 0 Å². The fourth-order valence-electron chi connectivity index (χ4n) is 0.954. The Labute approximate surface area is 85.8 Å². The van der Waals surface area contributed by atoms with E-state index in [4.69, 9.17) is 14.9 Å². The number of hydrogen-bond donors (Lipinski definition) is 2. The lowest BCUT2D eigenvalue weighted by Crippen LogP contribution is -2.19. The summed E-state index contributed by atoms with van der Waals surface area (Å²) in [5, 5.41) is 17.4. The highest BCUT2D eigenvalue weighted by atomic mass is 28.3. The SMILES string of the molecule is C=C(C)C(=O)OCC[SiH](C)CC(O)O. The van der Waals surface area contributed by atoms with Gasteiger partial charge in [-0.15, -0.1) is 0 Å². The molecule has 2 N–H and O–H groups in total. The van der Waals surface area contributed by atoms with Crippen LogP contribution in [0.2, 0.25) is 18.6 Å². The Morgan fingerprint density at radius 1 is 1.57 bits per heavy atom. The van der Waals surface area contributed by atoms with Crippen LogP contribution in [0.4, 0.5) is 0 Å². The van der Waals surface area contributed by atoms with Gasteiger partial charge in [0, 0.05) is 14.4 Å². The summed E-state index contributed by atoms with van der Waals surface area (Å²) in [5.74, 6) is -0.379. The molecule has 0 radical (unpaired) electrons. The van der Waals surface area contributed by atoms with Gasteiger partial charge in [0.15, 0.2) is 0 Å². The fourth-order valence-corrected chi connectivity index (χ4v) is 2.43. The van der Waals surface area contributed by atoms with Crippen molar-refractivity contribution in [2.75, 3.05) is 6.61 Å². The molecule has 0 fully saturated rings. The minimum absolute atomic E-state index is 0.353. The quantitative estimate of drug-likeness (QED) is 0.291. The van der Waals surface area contributed by atoms with Gasteiger partial charge in [-0.05, 0) is 19.0 Å². The maximum Gasteiger partial charge on any atom is 0.333 e. The molecule has 0 aliphatic heterocycles. The highest BCUT2D eigenvalue weighted by Crippen LogP contribution is 2.03. The second kappa shape index (κ2) is 6.75. The predicted molar refractivity (Wildman–Crippen MR) is 56.6 cm³/mol. The van der Waals surface area contributed by atoms with Crippen molar-refractivity contribution in [2.24, 2.45) is 0 Å². The van der Waals surface area contributed by atoms with Gasteiger partial charge in [-0.1, -0.05) is 13.1 Å². The van der Waals surface area contributed by atoms with E-state index >= 15 is 0 Å². The second-order valence-corrected chi connectivity index (χ2v) is 6.79. The molecule has 0 aromatic carbocycles. The average Bonchev–Trinajstić information content (AvgIpc) is 2.02. The van der Waals surface area contributed by atoms with Gasteiger partial charge in [0.1, 0.15) is 6.29 Å². The van der Waals surface area contributed by atoms with Crippen molar-refractivity contribution in [2.45, 2.75) is 31.8 Å². The van der Waals surface area contributed by atoms with E-state index in [1.165, 1.54) is 0 Å². The monoisotopic (exact) mass is 218 g/mol. The molecule has 0 aromatic heterocycles. The summed E-state index contributed by atoms with van der Waals surface area (Å²) < 4.78 is 4.89. The molecule has 0 spiro atoms. The summed E-state index contributed by atoms with van der Waals surface area (Å²) in [5.41, 5.74) is 0.390. The van der Waals surface area contributed by atoms with Gasteiger partial charge in [0.2, 0.25) is 0 Å². The zero-order chi connectivity index (χ0) is 11.1. The number of carbonyl (C=O) groups is 1. The van der Waals surface area contributed by atoms with Crippen molar-refractivity contribution in [3.05, 3.63) is 12.2 Å². The number of carbonyl (C=O) groups excluding carboxylic acids is 1. The van der Waals surface area contributed by atoms with E-state index in [1.807, 2.05) is 6.55 Å². The molecule has 0 rings (SSSR count). The molecule has 0 heterocycles. The van der Waals surface area contributed by atoms with Crippen molar-refractivity contribution in [1.29, 1.82) is 0 Å². The number of ether oxygens (including phenoxy) is 1. The van der Waals surface area contributed by atoms with Crippen LogP contribution in [-0.2, 0) is 9.53 Å². The van der Waals surface area contributed by atoms with Gasteiger partial charge >= 0.3 is 5.97 Å². The molecule has 0 saturated heterocycles. The third-order valence-corrected chi connectivity index (χ3v) is 4.25. The van der Waals surface area contributed by atoms with E-state index in [-0.39, 0.29) is 5.97 Å². The lowest BCUT2D eigenvalue weighted by molar-refractivity contribution is -0.138. The van der Waals surface area contributed by atoms with Gasteiger partial charge in [0.05, 0.1) is 6.61 Å². The van der Waals surface area contributed by atoms with E-state index in [1.54, 1.807) is 6.92 Å². The fraction of sp³-hybridized carbons (Fsp3) is 0.667. The molecule has 0 aromatic rings. The second-order valence-electron chi connectivity index (χ2n) is 3.53. The topological polar surface area (TPSA) is 66.8 Å². The Kier molecular flexibility index (Phi) is 6.43. The standard InChI is InChI=1S/C9H18O4Si/c1-7(2)9(12)13-4-5-14(3)6-8(10)11/h8,10-11,14H,1,4-6H2,2-3H3.